The number of ether oxygens (including phenoxy) is 1. The lowest BCUT2D eigenvalue weighted by molar-refractivity contribution is 0.0519. The lowest BCUT2D eigenvalue weighted by atomic mass is 10.1. The van der Waals surface area contributed by atoms with Crippen LogP contribution in [0.5, 0.6) is 0 Å². The number of hydrogen-bond donors (Lipinski definition) is 1. The van der Waals surface area contributed by atoms with Gasteiger partial charge in [0.1, 0.15) is 0 Å². The van der Waals surface area contributed by atoms with Gasteiger partial charge in [0.15, 0.2) is 5.69 Å². The maximum atomic E-state index is 13.0. The Bertz CT molecular complexity index is 1350. The van der Waals surface area contributed by atoms with Gasteiger partial charge in [0.2, 0.25) is 0 Å². The van der Waals surface area contributed by atoms with Crippen molar-refractivity contribution in [3.05, 3.63) is 88.5 Å². The molecule has 0 spiro atoms. The Balaban J connectivity index is 1.63. The van der Waals surface area contributed by atoms with Gasteiger partial charge in [-0.05, 0) is 37.3 Å². The van der Waals surface area contributed by atoms with Crippen LogP contribution < -0.4 is 10.9 Å². The Morgan fingerprint density at radius 2 is 1.87 bits per heavy atom. The molecule has 4 rings (SSSR count). The van der Waals surface area contributed by atoms with E-state index >= 15 is 0 Å². The van der Waals surface area contributed by atoms with Gasteiger partial charge in [-0.15, -0.1) is 0 Å². The van der Waals surface area contributed by atoms with Crippen LogP contribution in [0.1, 0.15) is 27.8 Å². The molecule has 2 aromatic carbocycles. The molecule has 1 amide bonds. The van der Waals surface area contributed by atoms with Crippen molar-refractivity contribution in [2.75, 3.05) is 11.9 Å². The van der Waals surface area contributed by atoms with Crippen molar-refractivity contribution < 1.29 is 14.3 Å². The first-order valence-corrected chi connectivity index (χ1v) is 9.71. The maximum absolute atomic E-state index is 13.0. The van der Waals surface area contributed by atoms with Gasteiger partial charge in [0, 0.05) is 30.4 Å². The first-order chi connectivity index (χ1) is 15.0. The van der Waals surface area contributed by atoms with Crippen molar-refractivity contribution in [1.29, 1.82) is 0 Å². The minimum absolute atomic E-state index is 0.197. The van der Waals surface area contributed by atoms with Crippen LogP contribution in [0, 0.1) is 0 Å². The largest absolute Gasteiger partial charge is 0.461 e. The lowest BCUT2D eigenvalue weighted by Gasteiger charge is -2.11. The Hall–Kier alpha value is -4.20. The quantitative estimate of drug-likeness (QED) is 0.504. The molecule has 156 valence electrons. The molecule has 0 aliphatic carbocycles. The van der Waals surface area contributed by atoms with Gasteiger partial charge in [0.25, 0.3) is 11.5 Å². The van der Waals surface area contributed by atoms with E-state index in [1.54, 1.807) is 62.6 Å². The van der Waals surface area contributed by atoms with E-state index in [4.69, 9.17) is 4.74 Å². The number of aromatic nitrogens is 3. The van der Waals surface area contributed by atoms with Gasteiger partial charge in [-0.3, -0.25) is 9.59 Å². The van der Waals surface area contributed by atoms with Crippen LogP contribution in [-0.4, -0.2) is 32.8 Å². The predicted molar refractivity (Wildman–Crippen MR) is 117 cm³/mol. The molecule has 0 saturated heterocycles. The van der Waals surface area contributed by atoms with Crippen molar-refractivity contribution in [1.82, 2.24) is 14.3 Å². The summed E-state index contributed by atoms with van der Waals surface area (Å²) in [5.41, 5.74) is 2.09. The lowest BCUT2D eigenvalue weighted by Crippen LogP contribution is -2.21. The van der Waals surface area contributed by atoms with E-state index in [9.17, 15) is 14.4 Å². The molecule has 0 fully saturated rings. The predicted octanol–water partition coefficient (Wildman–Crippen LogP) is 3.15. The number of carbonyl (C=O) groups is 2. The summed E-state index contributed by atoms with van der Waals surface area (Å²) >= 11 is 0. The zero-order valence-corrected chi connectivity index (χ0v) is 17.0. The normalized spacial score (nSPS) is 10.8. The molecule has 0 bridgehead atoms. The third kappa shape index (κ3) is 3.95. The number of benzene rings is 2. The number of nitrogens with zero attached hydrogens (tertiary/aromatic N) is 3. The highest BCUT2D eigenvalue weighted by molar-refractivity contribution is 6.12. The number of nitrogens with one attached hydrogen (secondary N) is 1. The fourth-order valence-electron chi connectivity index (χ4n) is 3.30. The minimum atomic E-state index is -0.497. The Morgan fingerprint density at radius 1 is 1.06 bits per heavy atom. The van der Waals surface area contributed by atoms with E-state index in [0.717, 1.165) is 0 Å². The second-order valence-corrected chi connectivity index (χ2v) is 6.84. The average Bonchev–Trinajstić information content (AvgIpc) is 3.27. The summed E-state index contributed by atoms with van der Waals surface area (Å²) in [4.78, 5) is 37.1. The van der Waals surface area contributed by atoms with Crippen LogP contribution in [0.4, 0.5) is 5.69 Å². The Labute approximate surface area is 177 Å². The molecular weight excluding hydrogens is 396 g/mol. The summed E-state index contributed by atoms with van der Waals surface area (Å²) in [5.74, 6) is -0.887. The molecule has 31 heavy (non-hydrogen) atoms. The monoisotopic (exact) mass is 416 g/mol. The Kier molecular flexibility index (Phi) is 5.36. The third-order valence-corrected chi connectivity index (χ3v) is 4.84. The number of aryl methyl sites for hydroxylation is 1. The topological polar surface area (TPSA) is 95.2 Å². The van der Waals surface area contributed by atoms with Crippen LogP contribution in [0.25, 0.3) is 16.6 Å². The number of para-hydroxylation sites is 1. The van der Waals surface area contributed by atoms with Gasteiger partial charge >= 0.3 is 5.97 Å². The molecule has 2 heterocycles. The first-order valence-electron chi connectivity index (χ1n) is 9.71. The maximum Gasteiger partial charge on any atom is 0.358 e. The number of fused-ring (bicyclic) bond motifs is 1. The molecule has 0 radical (unpaired) electrons. The highest BCUT2D eigenvalue weighted by Gasteiger charge is 2.15. The molecule has 0 saturated carbocycles. The Morgan fingerprint density at radius 3 is 2.68 bits per heavy atom. The molecule has 8 heteroatoms. The number of hydrogen-bond acceptors (Lipinski definition) is 5. The van der Waals surface area contributed by atoms with Crippen LogP contribution in [0.2, 0.25) is 0 Å². The van der Waals surface area contributed by atoms with E-state index in [1.807, 2.05) is 12.1 Å². The smallest absolute Gasteiger partial charge is 0.358 e. The fourth-order valence-corrected chi connectivity index (χ4v) is 3.30. The summed E-state index contributed by atoms with van der Waals surface area (Å²) in [7, 11) is 1.67. The zero-order chi connectivity index (χ0) is 22.0. The number of amides is 1. The molecule has 2 aromatic heterocycles. The molecule has 0 aliphatic heterocycles. The second kappa shape index (κ2) is 8.27. The van der Waals surface area contributed by atoms with Crippen LogP contribution >= 0.6 is 0 Å². The molecular formula is C23H20N4O4. The van der Waals surface area contributed by atoms with E-state index in [2.05, 4.69) is 10.4 Å². The van der Waals surface area contributed by atoms with Crippen LogP contribution in [0.15, 0.2) is 71.7 Å². The molecule has 0 unspecified atom stereocenters. The van der Waals surface area contributed by atoms with Crippen molar-refractivity contribution in [2.45, 2.75) is 6.92 Å². The summed E-state index contributed by atoms with van der Waals surface area (Å²) in [6.07, 6.45) is 1.64. The van der Waals surface area contributed by atoms with E-state index in [1.165, 1.54) is 15.3 Å². The minimum Gasteiger partial charge on any atom is -0.461 e. The molecule has 0 atom stereocenters. The van der Waals surface area contributed by atoms with Gasteiger partial charge in [-0.2, -0.15) is 5.10 Å². The van der Waals surface area contributed by atoms with Crippen molar-refractivity contribution in [2.24, 2.45) is 7.05 Å². The van der Waals surface area contributed by atoms with Crippen molar-refractivity contribution in [3.63, 3.8) is 0 Å². The summed E-state index contributed by atoms with van der Waals surface area (Å²) in [6.45, 7) is 2.00. The average molecular weight is 416 g/mol. The van der Waals surface area contributed by atoms with Gasteiger partial charge < -0.3 is 14.6 Å². The number of pyridine rings is 1. The van der Waals surface area contributed by atoms with Crippen molar-refractivity contribution in [3.8, 4) is 5.69 Å². The number of anilines is 1. The fraction of sp³-hybridized carbons (Fsp3) is 0.130. The van der Waals surface area contributed by atoms with Crippen LogP contribution in [-0.2, 0) is 11.8 Å². The first kappa shape index (κ1) is 20.1. The summed E-state index contributed by atoms with van der Waals surface area (Å²) in [5, 5.41) is 7.75. The number of rotatable bonds is 5. The van der Waals surface area contributed by atoms with E-state index < -0.39 is 11.9 Å². The molecule has 4 aromatic rings. The highest BCUT2D eigenvalue weighted by Crippen LogP contribution is 2.20. The van der Waals surface area contributed by atoms with Crippen LogP contribution in [0.3, 0.4) is 0 Å². The number of esters is 1. The van der Waals surface area contributed by atoms with Gasteiger partial charge in [0.05, 0.1) is 23.4 Å². The second-order valence-electron chi connectivity index (χ2n) is 6.84. The molecule has 1 N–H and O–H groups in total. The van der Waals surface area contributed by atoms with Gasteiger partial charge in [-0.1, -0.05) is 24.3 Å². The van der Waals surface area contributed by atoms with E-state index in [0.29, 0.717) is 27.8 Å². The standard InChI is InChI=1S/C23H20N4O4/c1-3-31-23(30)19-11-12-27(25-19)16-8-6-7-15(13-16)24-22(29)18-14-21(28)26(2)20-10-5-4-9-17(18)20/h4-14H,3H2,1-2H3,(H,24,29). The highest BCUT2D eigenvalue weighted by atomic mass is 16.5. The van der Waals surface area contributed by atoms with Crippen molar-refractivity contribution >= 4 is 28.5 Å². The zero-order valence-electron chi connectivity index (χ0n) is 17.0. The SMILES string of the molecule is CCOC(=O)c1ccn(-c2cccc(NC(=O)c3cc(=O)n(C)c4ccccc34)c2)n1. The summed E-state index contributed by atoms with van der Waals surface area (Å²) < 4.78 is 7.99. The number of carbonyl (C=O) groups excluding carboxylic acids is 2. The van der Waals surface area contributed by atoms with E-state index in [-0.39, 0.29) is 17.9 Å². The third-order valence-electron chi connectivity index (χ3n) is 4.84. The van der Waals surface area contributed by atoms with Gasteiger partial charge in [-0.25, -0.2) is 9.48 Å². The summed E-state index contributed by atoms with van der Waals surface area (Å²) in [6, 6.07) is 17.2. The molecule has 8 nitrogen and oxygen atoms in total. The molecule has 0 aliphatic rings.